The summed E-state index contributed by atoms with van der Waals surface area (Å²) in [6, 6.07) is 4.20. The molecule has 2 heteroatoms. The Bertz CT molecular complexity index is 419. The third-order valence-electron chi connectivity index (χ3n) is 9.62. The van der Waals surface area contributed by atoms with Gasteiger partial charge in [0.15, 0.2) is 0 Å². The summed E-state index contributed by atoms with van der Waals surface area (Å²) in [4.78, 5) is 0. The van der Waals surface area contributed by atoms with Gasteiger partial charge in [-0.1, -0.05) is 182 Å². The van der Waals surface area contributed by atoms with Crippen molar-refractivity contribution in [2.75, 3.05) is 0 Å². The van der Waals surface area contributed by atoms with Gasteiger partial charge in [0.2, 0.25) is 0 Å². The maximum atomic E-state index is 7.25. The van der Waals surface area contributed by atoms with Crippen LogP contribution < -0.4 is 5.40 Å². The van der Waals surface area contributed by atoms with Gasteiger partial charge in [-0.05, 0) is 49.2 Å². The van der Waals surface area contributed by atoms with Gasteiger partial charge in [-0.2, -0.15) is 0 Å². The molecule has 1 nitrogen and oxygen atoms in total. The monoisotopic (exact) mass is 552 g/mol. The zero-order chi connectivity index (χ0) is 28.2. The van der Waals surface area contributed by atoms with E-state index in [0.29, 0.717) is 5.41 Å². The molecule has 230 valence electrons. The molecule has 0 aromatic rings. The van der Waals surface area contributed by atoms with E-state index in [1.54, 1.807) is 0 Å². The zero-order valence-electron chi connectivity index (χ0n) is 27.8. The Kier molecular flexibility index (Phi) is 27.5. The summed E-state index contributed by atoms with van der Waals surface area (Å²) in [5.74, 6) is 0. The molecule has 0 radical (unpaired) electrons. The van der Waals surface area contributed by atoms with E-state index in [1.165, 1.54) is 191 Å². The van der Waals surface area contributed by atoms with Crippen LogP contribution in [0.4, 0.5) is 0 Å². The first-order valence-corrected chi connectivity index (χ1v) is 21.0. The summed E-state index contributed by atoms with van der Waals surface area (Å²) >= 11 is 0. The number of hydrogen-bond acceptors (Lipinski definition) is 1. The van der Waals surface area contributed by atoms with Crippen molar-refractivity contribution in [2.24, 2.45) is 10.8 Å². The summed E-state index contributed by atoms with van der Waals surface area (Å²) in [7, 11) is -1.54. The third-order valence-corrected chi connectivity index (χ3v) is 13.7. The normalized spacial score (nSPS) is 12.5. The first-order chi connectivity index (χ1) is 18.5. The van der Waals surface area contributed by atoms with Crippen molar-refractivity contribution in [3.05, 3.63) is 0 Å². The van der Waals surface area contributed by atoms with E-state index in [4.69, 9.17) is 5.40 Å². The minimum Gasteiger partial charge on any atom is -0.351 e. The van der Waals surface area contributed by atoms with Crippen molar-refractivity contribution in [3.8, 4) is 0 Å². The predicted molar refractivity (Wildman–Crippen MR) is 180 cm³/mol. The summed E-state index contributed by atoms with van der Waals surface area (Å²) in [5, 5.41) is 7.25. The van der Waals surface area contributed by atoms with Crippen LogP contribution in [0.25, 0.3) is 0 Å². The van der Waals surface area contributed by atoms with Crippen molar-refractivity contribution >= 4 is 8.24 Å². The van der Waals surface area contributed by atoms with Crippen LogP contribution in [0, 0.1) is 5.41 Å². The molecule has 0 heterocycles. The molecule has 38 heavy (non-hydrogen) atoms. The molecular weight excluding hydrogens is 474 g/mol. The van der Waals surface area contributed by atoms with Crippen LogP contribution in [0.5, 0.6) is 0 Å². The fourth-order valence-corrected chi connectivity index (χ4v) is 10.5. The fraction of sp³-hybridized carbons (Fsp3) is 1.00. The first-order valence-electron chi connectivity index (χ1n) is 18.3. The van der Waals surface area contributed by atoms with Crippen molar-refractivity contribution in [1.29, 1.82) is 0 Å². The lowest BCUT2D eigenvalue weighted by molar-refractivity contribution is 0.172. The molecule has 0 aliphatic carbocycles. The zero-order valence-corrected chi connectivity index (χ0v) is 28.8. The molecular formula is C36H77NSi. The van der Waals surface area contributed by atoms with Gasteiger partial charge in [0.1, 0.15) is 8.24 Å². The predicted octanol–water partition coefficient (Wildman–Crippen LogP) is 13.5. The van der Waals surface area contributed by atoms with Gasteiger partial charge in [0.05, 0.1) is 0 Å². The Morgan fingerprint density at radius 1 is 0.342 bits per heavy atom. The van der Waals surface area contributed by atoms with Crippen molar-refractivity contribution in [1.82, 2.24) is 0 Å². The summed E-state index contributed by atoms with van der Waals surface area (Å²) in [6.45, 7) is 11.7. The maximum Gasteiger partial charge on any atom is 0.123 e. The topological polar surface area (TPSA) is 26.0 Å². The highest BCUT2D eigenvalue weighted by Gasteiger charge is 2.29. The summed E-state index contributed by atoms with van der Waals surface area (Å²) in [6.07, 6.45) is 38.6. The van der Waals surface area contributed by atoms with E-state index in [0.717, 1.165) is 0 Å². The number of unbranched alkanes of at least 4 members (excludes halogenated alkanes) is 17. The second-order valence-electron chi connectivity index (χ2n) is 13.5. The standard InChI is InChI=1S/C36H77NSi/c1-6-11-16-22-29-36(30-23-17-12-7-2,31-24-18-13-8-3)32-25-21-28-35-38(37,33-26-19-14-9-4)34-27-20-15-10-5/h6-35,37H2,1-5H3. The molecule has 2 N–H and O–H groups in total. The maximum absolute atomic E-state index is 7.25. The third kappa shape index (κ3) is 21.9. The molecule has 0 spiro atoms. The SMILES string of the molecule is CCCCCCC(CCCCCC)(CCCCCC)CCCCC[Si](N)(CCCCCC)CCCCCC. The van der Waals surface area contributed by atoms with E-state index >= 15 is 0 Å². The molecule has 0 aromatic carbocycles. The molecule has 0 rings (SSSR count). The van der Waals surface area contributed by atoms with Gasteiger partial charge in [0.25, 0.3) is 0 Å². The lowest BCUT2D eigenvalue weighted by Gasteiger charge is -2.35. The number of rotatable bonds is 31. The van der Waals surface area contributed by atoms with E-state index in [1.807, 2.05) is 0 Å². The Morgan fingerprint density at radius 2 is 0.579 bits per heavy atom. The van der Waals surface area contributed by atoms with Crippen LogP contribution in [0.2, 0.25) is 18.1 Å². The smallest absolute Gasteiger partial charge is 0.123 e. The fourth-order valence-electron chi connectivity index (χ4n) is 6.87. The Morgan fingerprint density at radius 3 is 0.842 bits per heavy atom. The number of nitrogens with two attached hydrogens (primary N) is 1. The van der Waals surface area contributed by atoms with Gasteiger partial charge >= 0.3 is 0 Å². The van der Waals surface area contributed by atoms with Crippen molar-refractivity contribution < 1.29 is 0 Å². The van der Waals surface area contributed by atoms with Crippen LogP contribution in [-0.2, 0) is 0 Å². The Balaban J connectivity index is 4.96. The highest BCUT2D eigenvalue weighted by atomic mass is 28.3. The molecule has 0 amide bonds. The van der Waals surface area contributed by atoms with E-state index in [-0.39, 0.29) is 0 Å². The van der Waals surface area contributed by atoms with E-state index in [9.17, 15) is 0 Å². The summed E-state index contributed by atoms with van der Waals surface area (Å²) in [5.41, 5.74) is 0.646. The van der Waals surface area contributed by atoms with Crippen LogP contribution in [-0.4, -0.2) is 8.24 Å². The molecule has 0 saturated heterocycles. The molecule has 0 aliphatic heterocycles. The molecule has 0 atom stereocenters. The van der Waals surface area contributed by atoms with Crippen LogP contribution >= 0.6 is 0 Å². The lowest BCUT2D eigenvalue weighted by Crippen LogP contribution is -2.45. The molecule has 0 unspecified atom stereocenters. The van der Waals surface area contributed by atoms with Gasteiger partial charge in [-0.15, -0.1) is 0 Å². The lowest BCUT2D eigenvalue weighted by atomic mass is 9.70. The minimum atomic E-state index is -1.54. The van der Waals surface area contributed by atoms with Gasteiger partial charge in [-0.3, -0.25) is 0 Å². The van der Waals surface area contributed by atoms with Gasteiger partial charge in [-0.25, -0.2) is 0 Å². The quantitative estimate of drug-likeness (QED) is 0.0672. The molecule has 0 aromatic heterocycles. The van der Waals surface area contributed by atoms with Gasteiger partial charge in [0, 0.05) is 0 Å². The minimum absolute atomic E-state index is 0.646. The molecule has 0 saturated carbocycles. The molecule has 0 fully saturated rings. The highest BCUT2D eigenvalue weighted by molar-refractivity contribution is 6.76. The average Bonchev–Trinajstić information content (AvgIpc) is 2.92. The average molecular weight is 552 g/mol. The summed E-state index contributed by atoms with van der Waals surface area (Å²) < 4.78 is 0. The number of hydrogen-bond donors (Lipinski definition) is 1. The second-order valence-corrected chi connectivity index (χ2v) is 17.7. The first kappa shape index (κ1) is 38.2. The van der Waals surface area contributed by atoms with E-state index in [2.05, 4.69) is 34.6 Å². The largest absolute Gasteiger partial charge is 0.351 e. The van der Waals surface area contributed by atoms with Crippen LogP contribution in [0.1, 0.15) is 208 Å². The molecule has 0 bridgehead atoms. The second kappa shape index (κ2) is 27.4. The molecule has 0 aliphatic rings. The van der Waals surface area contributed by atoms with Crippen LogP contribution in [0.15, 0.2) is 0 Å². The van der Waals surface area contributed by atoms with Crippen LogP contribution in [0.3, 0.4) is 0 Å². The Hall–Kier alpha value is 0.177. The van der Waals surface area contributed by atoms with Gasteiger partial charge < -0.3 is 5.40 Å². The van der Waals surface area contributed by atoms with Crippen molar-refractivity contribution in [3.63, 3.8) is 0 Å². The highest BCUT2D eigenvalue weighted by Crippen LogP contribution is 2.42. The Labute approximate surface area is 244 Å². The van der Waals surface area contributed by atoms with Crippen molar-refractivity contribution in [2.45, 2.75) is 226 Å². The van der Waals surface area contributed by atoms with E-state index < -0.39 is 8.24 Å².